The van der Waals surface area contributed by atoms with Crippen LogP contribution >= 0.6 is 23.2 Å². The van der Waals surface area contributed by atoms with Gasteiger partial charge in [0, 0.05) is 27.4 Å². The number of nitrogens with one attached hydrogen (secondary N) is 1. The summed E-state index contributed by atoms with van der Waals surface area (Å²) in [5, 5.41) is 1.10. The third-order valence-corrected chi connectivity index (χ3v) is 3.10. The van der Waals surface area contributed by atoms with Crippen LogP contribution in [0.4, 0.5) is 5.82 Å². The minimum absolute atomic E-state index is 0.492. The highest BCUT2D eigenvalue weighted by Gasteiger charge is 2.09. The third kappa shape index (κ3) is 3.82. The first-order chi connectivity index (χ1) is 9.47. The molecule has 0 unspecified atom stereocenters. The van der Waals surface area contributed by atoms with E-state index in [4.69, 9.17) is 29.0 Å². The van der Waals surface area contributed by atoms with E-state index in [-0.39, 0.29) is 0 Å². The molecule has 1 aromatic heterocycles. The molecule has 0 bridgehead atoms. The number of rotatable bonds is 4. The third-order valence-electron chi connectivity index (χ3n) is 2.67. The highest BCUT2D eigenvalue weighted by Crippen LogP contribution is 2.26. The second-order valence-electron chi connectivity index (χ2n) is 4.97. The Morgan fingerprint density at radius 2 is 1.75 bits per heavy atom. The Morgan fingerprint density at radius 3 is 2.30 bits per heavy atom. The maximum absolute atomic E-state index is 6.02. The van der Waals surface area contributed by atoms with Gasteiger partial charge in [-0.15, -0.1) is 0 Å². The Bertz CT molecular complexity index is 594. The van der Waals surface area contributed by atoms with Crippen LogP contribution in [0.2, 0.25) is 10.0 Å². The predicted octanol–water partition coefficient (Wildman–Crippen LogP) is 3.93. The van der Waals surface area contributed by atoms with Gasteiger partial charge in [0.1, 0.15) is 5.82 Å². The molecule has 0 radical (unpaired) electrons. The normalized spacial score (nSPS) is 10.9. The van der Waals surface area contributed by atoms with Crippen LogP contribution in [-0.4, -0.2) is 9.97 Å². The smallest absolute Gasteiger partial charge is 0.161 e. The van der Waals surface area contributed by atoms with Gasteiger partial charge in [0.15, 0.2) is 5.82 Å². The summed E-state index contributed by atoms with van der Waals surface area (Å²) >= 11 is 12.0. The van der Waals surface area contributed by atoms with Crippen molar-refractivity contribution in [2.75, 3.05) is 5.43 Å². The first-order valence-electron chi connectivity index (χ1n) is 6.29. The summed E-state index contributed by atoms with van der Waals surface area (Å²) in [5.74, 6) is 7.08. The molecule has 4 nitrogen and oxygen atoms in total. The Hall–Kier alpha value is -1.36. The molecule has 2 rings (SSSR count). The van der Waals surface area contributed by atoms with Gasteiger partial charge in [0.25, 0.3) is 0 Å². The van der Waals surface area contributed by atoms with Crippen LogP contribution in [0.15, 0.2) is 24.3 Å². The molecule has 106 valence electrons. The van der Waals surface area contributed by atoms with E-state index in [0.717, 1.165) is 17.7 Å². The summed E-state index contributed by atoms with van der Waals surface area (Å²) < 4.78 is 0. The van der Waals surface area contributed by atoms with Crippen LogP contribution in [0.3, 0.4) is 0 Å². The minimum atomic E-state index is 0.492. The van der Waals surface area contributed by atoms with Gasteiger partial charge in [0.05, 0.1) is 0 Å². The molecular weight excluding hydrogens is 295 g/mol. The Morgan fingerprint density at radius 1 is 1.10 bits per heavy atom. The van der Waals surface area contributed by atoms with Gasteiger partial charge in [-0.3, -0.25) is 0 Å². The van der Waals surface area contributed by atoms with E-state index in [1.54, 1.807) is 18.2 Å². The van der Waals surface area contributed by atoms with Crippen molar-refractivity contribution in [3.05, 3.63) is 40.0 Å². The van der Waals surface area contributed by atoms with Crippen LogP contribution in [0.1, 0.15) is 19.5 Å². The van der Waals surface area contributed by atoms with E-state index < -0.39 is 0 Å². The van der Waals surface area contributed by atoms with E-state index in [9.17, 15) is 0 Å². The van der Waals surface area contributed by atoms with Crippen LogP contribution in [0.5, 0.6) is 0 Å². The summed E-state index contributed by atoms with van der Waals surface area (Å²) in [5.41, 5.74) is 4.26. The molecule has 0 atom stereocenters. The summed E-state index contributed by atoms with van der Waals surface area (Å²) in [6.07, 6.45) is 0.846. The zero-order chi connectivity index (χ0) is 14.7. The lowest BCUT2D eigenvalue weighted by atomic mass is 10.1. The number of nitrogens with zero attached hydrogens (tertiary/aromatic N) is 2. The Balaban J connectivity index is 2.49. The number of benzene rings is 1. The zero-order valence-corrected chi connectivity index (χ0v) is 12.8. The lowest BCUT2D eigenvalue weighted by molar-refractivity contribution is 0.635. The maximum Gasteiger partial charge on any atom is 0.161 e. The van der Waals surface area contributed by atoms with Crippen molar-refractivity contribution in [3.8, 4) is 11.4 Å². The molecule has 0 aliphatic carbocycles. The van der Waals surface area contributed by atoms with E-state index in [1.807, 2.05) is 6.07 Å². The minimum Gasteiger partial charge on any atom is -0.308 e. The fourth-order valence-corrected chi connectivity index (χ4v) is 2.43. The number of hydrogen-bond acceptors (Lipinski definition) is 4. The van der Waals surface area contributed by atoms with Crippen molar-refractivity contribution in [1.82, 2.24) is 9.97 Å². The van der Waals surface area contributed by atoms with Gasteiger partial charge in [-0.05, 0) is 30.5 Å². The van der Waals surface area contributed by atoms with Crippen molar-refractivity contribution in [3.63, 3.8) is 0 Å². The molecule has 2 aromatic rings. The molecule has 20 heavy (non-hydrogen) atoms. The SMILES string of the molecule is CC(C)Cc1cc(NN)nc(-c2cc(Cl)cc(Cl)c2)n1. The average Bonchev–Trinajstić information content (AvgIpc) is 2.36. The molecule has 0 saturated heterocycles. The second kappa shape index (κ2) is 6.39. The average molecular weight is 311 g/mol. The van der Waals surface area contributed by atoms with Gasteiger partial charge < -0.3 is 5.43 Å². The van der Waals surface area contributed by atoms with Gasteiger partial charge in [-0.2, -0.15) is 0 Å². The van der Waals surface area contributed by atoms with Gasteiger partial charge in [-0.25, -0.2) is 15.8 Å². The lowest BCUT2D eigenvalue weighted by Crippen LogP contribution is -2.11. The first kappa shape index (κ1) is 15.0. The van der Waals surface area contributed by atoms with Crippen LogP contribution in [-0.2, 0) is 6.42 Å². The maximum atomic E-state index is 6.02. The first-order valence-corrected chi connectivity index (χ1v) is 7.04. The Labute approximate surface area is 128 Å². The molecule has 0 aliphatic heterocycles. The molecule has 0 amide bonds. The van der Waals surface area contributed by atoms with E-state index in [1.165, 1.54) is 0 Å². The number of nitrogen functional groups attached to an aromatic ring is 1. The highest BCUT2D eigenvalue weighted by molar-refractivity contribution is 6.35. The van der Waals surface area contributed by atoms with Crippen LogP contribution in [0.25, 0.3) is 11.4 Å². The van der Waals surface area contributed by atoms with Crippen LogP contribution < -0.4 is 11.3 Å². The standard InChI is InChI=1S/C14H16Cl2N4/c1-8(2)3-12-7-13(20-17)19-14(18-12)9-4-10(15)6-11(16)5-9/h4-8H,3,17H2,1-2H3,(H,18,19,20). The number of hydrazine groups is 1. The molecule has 1 heterocycles. The molecule has 0 saturated carbocycles. The van der Waals surface area contributed by atoms with Crippen molar-refractivity contribution in [2.45, 2.75) is 20.3 Å². The van der Waals surface area contributed by atoms with Gasteiger partial charge >= 0.3 is 0 Å². The van der Waals surface area contributed by atoms with Gasteiger partial charge in [0.2, 0.25) is 0 Å². The predicted molar refractivity (Wildman–Crippen MR) is 83.8 cm³/mol. The number of aromatic nitrogens is 2. The summed E-state index contributed by atoms with van der Waals surface area (Å²) in [7, 11) is 0. The Kier molecular flexibility index (Phi) is 4.81. The molecule has 0 fully saturated rings. The molecular formula is C14H16Cl2N4. The number of nitrogens with two attached hydrogens (primary N) is 1. The zero-order valence-electron chi connectivity index (χ0n) is 11.3. The fourth-order valence-electron chi connectivity index (χ4n) is 1.91. The largest absolute Gasteiger partial charge is 0.308 e. The molecule has 0 spiro atoms. The monoisotopic (exact) mass is 310 g/mol. The highest BCUT2D eigenvalue weighted by atomic mass is 35.5. The number of halogens is 2. The lowest BCUT2D eigenvalue weighted by Gasteiger charge is -2.10. The topological polar surface area (TPSA) is 63.8 Å². The van der Waals surface area contributed by atoms with E-state index >= 15 is 0 Å². The number of anilines is 1. The van der Waals surface area contributed by atoms with Crippen molar-refractivity contribution in [1.29, 1.82) is 0 Å². The molecule has 1 aromatic carbocycles. The fraction of sp³-hybridized carbons (Fsp3) is 0.286. The molecule has 6 heteroatoms. The molecule has 0 aliphatic rings. The van der Waals surface area contributed by atoms with Crippen molar-refractivity contribution < 1.29 is 0 Å². The van der Waals surface area contributed by atoms with E-state index in [2.05, 4.69) is 29.2 Å². The van der Waals surface area contributed by atoms with Crippen LogP contribution in [0, 0.1) is 5.92 Å². The van der Waals surface area contributed by atoms with Gasteiger partial charge in [-0.1, -0.05) is 37.0 Å². The summed E-state index contributed by atoms with van der Waals surface area (Å²) in [6.45, 7) is 4.27. The van der Waals surface area contributed by atoms with Crippen molar-refractivity contribution in [2.24, 2.45) is 11.8 Å². The summed E-state index contributed by atoms with van der Waals surface area (Å²) in [4.78, 5) is 8.90. The molecule has 3 N–H and O–H groups in total. The quantitative estimate of drug-likeness (QED) is 0.663. The number of hydrogen-bond donors (Lipinski definition) is 2. The van der Waals surface area contributed by atoms with E-state index in [0.29, 0.717) is 27.6 Å². The second-order valence-corrected chi connectivity index (χ2v) is 5.84. The summed E-state index contributed by atoms with van der Waals surface area (Å²) in [6, 6.07) is 7.08. The van der Waals surface area contributed by atoms with Crippen molar-refractivity contribution >= 4 is 29.0 Å².